The molecule has 0 unspecified atom stereocenters. The lowest BCUT2D eigenvalue weighted by Crippen LogP contribution is -1.84. The molecule has 14 heavy (non-hydrogen) atoms. The molecule has 3 heteroatoms. The van der Waals surface area contributed by atoms with Crippen molar-refractivity contribution in [2.24, 2.45) is 0 Å². The van der Waals surface area contributed by atoms with Crippen LogP contribution < -0.4 is 0 Å². The number of terminal acetylenes is 1. The molecule has 0 spiro atoms. The molecule has 1 rings (SSSR count). The maximum atomic E-state index is 13.0. The van der Waals surface area contributed by atoms with E-state index < -0.39 is 5.82 Å². The van der Waals surface area contributed by atoms with Gasteiger partial charge in [-0.2, -0.15) is 0 Å². The van der Waals surface area contributed by atoms with Crippen LogP contribution in [0.4, 0.5) is 4.39 Å². The number of halogens is 1. The number of rotatable bonds is 0. The Morgan fingerprint density at radius 3 is 2.79 bits per heavy atom. The second-order valence-electron chi connectivity index (χ2n) is 2.94. The second kappa shape index (κ2) is 4.43. The van der Waals surface area contributed by atoms with Gasteiger partial charge < -0.3 is 4.98 Å². The first kappa shape index (κ1) is 10.3. The van der Waals surface area contributed by atoms with Crippen LogP contribution in [-0.4, -0.2) is 9.97 Å². The van der Waals surface area contributed by atoms with Crippen LogP contribution in [0, 0.1) is 32.0 Å². The van der Waals surface area contributed by atoms with Crippen LogP contribution in [0.25, 0.3) is 0 Å². The number of hydrogen-bond donors (Lipinski definition) is 1. The van der Waals surface area contributed by atoms with Crippen LogP contribution in [-0.2, 0) is 0 Å². The quantitative estimate of drug-likeness (QED) is 0.624. The minimum absolute atomic E-state index is 0.391. The van der Waals surface area contributed by atoms with E-state index in [0.29, 0.717) is 11.5 Å². The number of aromatic nitrogens is 2. The number of nitrogens with one attached hydrogen (secondary N) is 1. The number of hydrogen-bond acceptors (Lipinski definition) is 1. The van der Waals surface area contributed by atoms with Gasteiger partial charge in [0.15, 0.2) is 0 Å². The first-order chi connectivity index (χ1) is 6.61. The lowest BCUT2D eigenvalue weighted by molar-refractivity contribution is 0.622. The molecule has 1 N–H and O–H groups in total. The Bertz CT molecular complexity index is 426. The maximum Gasteiger partial charge on any atom is 0.141 e. The third kappa shape index (κ3) is 2.91. The number of aromatic amines is 1. The normalized spacial score (nSPS) is 9.00. The Morgan fingerprint density at radius 2 is 2.14 bits per heavy atom. The van der Waals surface area contributed by atoms with Crippen molar-refractivity contribution in [3.63, 3.8) is 0 Å². The van der Waals surface area contributed by atoms with Crippen molar-refractivity contribution in [2.45, 2.75) is 13.8 Å². The average Bonchev–Trinajstić information content (AvgIpc) is 2.17. The van der Waals surface area contributed by atoms with Gasteiger partial charge in [0.2, 0.25) is 0 Å². The van der Waals surface area contributed by atoms with E-state index in [9.17, 15) is 4.39 Å². The summed E-state index contributed by atoms with van der Waals surface area (Å²) in [6, 6.07) is 3.07. The van der Waals surface area contributed by atoms with Crippen LogP contribution >= 0.6 is 0 Å². The summed E-state index contributed by atoms with van der Waals surface area (Å²) < 4.78 is 13.0. The Balaban J connectivity index is 3.53. The van der Waals surface area contributed by atoms with E-state index in [1.54, 1.807) is 19.9 Å². The molecule has 2 nitrogen and oxygen atoms in total. The molecule has 1 heterocycles. The highest BCUT2D eigenvalue weighted by Gasteiger charge is 1.90. The van der Waals surface area contributed by atoms with Gasteiger partial charge >= 0.3 is 0 Å². The molecule has 0 atom stereocenters. The van der Waals surface area contributed by atoms with Gasteiger partial charge in [-0.25, -0.2) is 9.37 Å². The zero-order valence-electron chi connectivity index (χ0n) is 8.13. The van der Waals surface area contributed by atoms with E-state index in [4.69, 9.17) is 6.42 Å². The summed E-state index contributed by atoms with van der Waals surface area (Å²) in [7, 11) is 0. The van der Waals surface area contributed by atoms with Gasteiger partial charge in [-0.1, -0.05) is 5.92 Å². The zero-order valence-corrected chi connectivity index (χ0v) is 8.13. The van der Waals surface area contributed by atoms with Crippen molar-refractivity contribution in [1.29, 1.82) is 0 Å². The molecule has 0 saturated heterocycles. The second-order valence-corrected chi connectivity index (χ2v) is 2.94. The van der Waals surface area contributed by atoms with E-state index in [-0.39, 0.29) is 0 Å². The standard InChI is InChI=1S/C11H11FN2/c1-4-11-6-8(2)5-10(12)7-13-9(3)14-11/h1,5-7H,2-3H3,(H,13,14). The van der Waals surface area contributed by atoms with Crippen LogP contribution in [0.1, 0.15) is 17.1 Å². The monoisotopic (exact) mass is 190 g/mol. The fourth-order valence-electron chi connectivity index (χ4n) is 1.02. The lowest BCUT2D eigenvalue weighted by Gasteiger charge is -1.89. The third-order valence-electron chi connectivity index (χ3n) is 1.59. The molecule has 0 aliphatic heterocycles. The highest BCUT2D eigenvalue weighted by molar-refractivity contribution is 5.26. The van der Waals surface area contributed by atoms with Gasteiger partial charge in [-0.3, -0.25) is 0 Å². The van der Waals surface area contributed by atoms with Gasteiger partial charge in [-0.15, -0.1) is 6.42 Å². The van der Waals surface area contributed by atoms with Crippen LogP contribution in [0.15, 0.2) is 18.3 Å². The van der Waals surface area contributed by atoms with Crippen molar-refractivity contribution >= 4 is 0 Å². The Kier molecular flexibility index (Phi) is 3.24. The molecule has 1 aromatic heterocycles. The fraction of sp³-hybridized carbons (Fsp3) is 0.182. The zero-order chi connectivity index (χ0) is 10.6. The number of aryl methyl sites for hydroxylation is 2. The van der Waals surface area contributed by atoms with Crippen LogP contribution in [0.5, 0.6) is 0 Å². The van der Waals surface area contributed by atoms with Gasteiger partial charge in [0.25, 0.3) is 0 Å². The molecule has 0 fully saturated rings. The summed E-state index contributed by atoms with van der Waals surface area (Å²) in [5.41, 5.74) is 1.31. The Hall–Kier alpha value is -1.82. The summed E-state index contributed by atoms with van der Waals surface area (Å²) in [6.07, 6.45) is 6.41. The Morgan fingerprint density at radius 1 is 1.43 bits per heavy atom. The van der Waals surface area contributed by atoms with Crippen molar-refractivity contribution < 1.29 is 4.39 Å². The number of nitrogens with zero attached hydrogens (tertiary/aromatic N) is 1. The predicted octanol–water partition coefficient (Wildman–Crippen LogP) is 2.27. The molecule has 0 bridgehead atoms. The highest BCUT2D eigenvalue weighted by Crippen LogP contribution is 1.99. The summed E-state index contributed by atoms with van der Waals surface area (Å²) in [5.74, 6) is 2.63. The number of H-pyrrole nitrogens is 1. The minimum Gasteiger partial charge on any atom is -0.337 e. The summed E-state index contributed by atoms with van der Waals surface area (Å²) in [5, 5.41) is 0. The summed E-state index contributed by atoms with van der Waals surface area (Å²) in [4.78, 5) is 6.73. The molecule has 0 aliphatic carbocycles. The topological polar surface area (TPSA) is 28.7 Å². The first-order valence-corrected chi connectivity index (χ1v) is 4.15. The van der Waals surface area contributed by atoms with Crippen molar-refractivity contribution in [3.8, 4) is 12.3 Å². The smallest absolute Gasteiger partial charge is 0.141 e. The molecule has 0 aromatic carbocycles. The van der Waals surface area contributed by atoms with E-state index >= 15 is 0 Å². The van der Waals surface area contributed by atoms with E-state index in [1.807, 2.05) is 0 Å². The SMILES string of the molecule is C#Cc1cc(C)cc(F)cnc(C)[nH]1. The van der Waals surface area contributed by atoms with Gasteiger partial charge in [0.1, 0.15) is 11.6 Å². The molecule has 72 valence electrons. The van der Waals surface area contributed by atoms with E-state index in [1.165, 1.54) is 6.07 Å². The summed E-state index contributed by atoms with van der Waals surface area (Å²) in [6.45, 7) is 3.49. The van der Waals surface area contributed by atoms with Gasteiger partial charge in [0.05, 0.1) is 11.9 Å². The third-order valence-corrected chi connectivity index (χ3v) is 1.59. The largest absolute Gasteiger partial charge is 0.337 e. The van der Waals surface area contributed by atoms with Crippen molar-refractivity contribution in [1.82, 2.24) is 9.97 Å². The minimum atomic E-state index is -0.391. The molecular formula is C11H11FN2. The molecular weight excluding hydrogens is 179 g/mol. The van der Waals surface area contributed by atoms with Crippen molar-refractivity contribution in [3.05, 3.63) is 41.2 Å². The Labute approximate surface area is 82.5 Å². The lowest BCUT2D eigenvalue weighted by atomic mass is 10.3. The predicted molar refractivity (Wildman–Crippen MR) is 53.6 cm³/mol. The van der Waals surface area contributed by atoms with Gasteiger partial charge in [0, 0.05) is 0 Å². The highest BCUT2D eigenvalue weighted by atomic mass is 19.1. The summed E-state index contributed by atoms with van der Waals surface area (Å²) >= 11 is 0. The van der Waals surface area contributed by atoms with E-state index in [2.05, 4.69) is 15.9 Å². The average molecular weight is 190 g/mol. The molecule has 1 aromatic rings. The van der Waals surface area contributed by atoms with Crippen LogP contribution in [0.3, 0.4) is 0 Å². The maximum absolute atomic E-state index is 13.0. The molecule has 0 saturated carbocycles. The van der Waals surface area contributed by atoms with E-state index in [0.717, 1.165) is 11.8 Å². The molecule has 0 aliphatic rings. The van der Waals surface area contributed by atoms with Crippen LogP contribution in [0.2, 0.25) is 0 Å². The molecule has 0 radical (unpaired) electrons. The van der Waals surface area contributed by atoms with Crippen molar-refractivity contribution in [2.75, 3.05) is 0 Å². The molecule has 0 amide bonds. The van der Waals surface area contributed by atoms with Gasteiger partial charge in [-0.05, 0) is 31.5 Å². The fourth-order valence-corrected chi connectivity index (χ4v) is 1.02. The first-order valence-electron chi connectivity index (χ1n) is 4.15.